The van der Waals surface area contributed by atoms with Gasteiger partial charge in [0.05, 0.1) is 18.7 Å². The quantitative estimate of drug-likeness (QED) is 0.798. The Kier molecular flexibility index (Phi) is 5.23. The van der Waals surface area contributed by atoms with Crippen LogP contribution in [0.2, 0.25) is 0 Å². The third-order valence-electron chi connectivity index (χ3n) is 4.11. The summed E-state index contributed by atoms with van der Waals surface area (Å²) in [6, 6.07) is 6.27. The maximum Gasteiger partial charge on any atom is 0.315 e. The first-order valence-electron chi connectivity index (χ1n) is 7.82. The molecule has 0 saturated carbocycles. The van der Waals surface area contributed by atoms with E-state index in [1.807, 2.05) is 0 Å². The molecule has 0 radical (unpaired) electrons. The fraction of sp³-hybridized carbons (Fsp3) is 0.588. The molecule has 0 aliphatic heterocycles. The van der Waals surface area contributed by atoms with E-state index in [4.69, 9.17) is 5.11 Å². The van der Waals surface area contributed by atoms with Gasteiger partial charge in [-0.3, -0.25) is 0 Å². The predicted molar refractivity (Wildman–Crippen MR) is 84.4 cm³/mol. The summed E-state index contributed by atoms with van der Waals surface area (Å²) >= 11 is 0. The Labute approximate surface area is 126 Å². The van der Waals surface area contributed by atoms with Crippen molar-refractivity contribution in [1.82, 2.24) is 10.6 Å². The number of nitrogens with one attached hydrogen (secondary N) is 2. The van der Waals surface area contributed by atoms with Crippen molar-refractivity contribution >= 4 is 6.03 Å². The van der Waals surface area contributed by atoms with Crippen LogP contribution in [0.1, 0.15) is 62.3 Å². The molecule has 3 N–H and O–H groups in total. The third-order valence-corrected chi connectivity index (χ3v) is 4.11. The van der Waals surface area contributed by atoms with Crippen molar-refractivity contribution in [2.24, 2.45) is 0 Å². The molecule has 1 aromatic carbocycles. The van der Waals surface area contributed by atoms with Crippen LogP contribution in [0.5, 0.6) is 0 Å². The predicted octanol–water partition coefficient (Wildman–Crippen LogP) is 2.87. The lowest BCUT2D eigenvalue weighted by Gasteiger charge is -2.28. The molecule has 4 heteroatoms. The molecule has 0 saturated heterocycles. The lowest BCUT2D eigenvalue weighted by atomic mass is 9.85. The standard InChI is InChI=1S/C17H26N2O2/c1-11(2)14-8-7-13-5-4-6-16(15(13)9-14)19-17(21)18-12(3)10-20/h7-9,11-12,16,20H,4-6,10H2,1-3H3,(H2,18,19,21)/t12-,16+/m0/s1. The van der Waals surface area contributed by atoms with E-state index < -0.39 is 0 Å². The number of urea groups is 1. The van der Waals surface area contributed by atoms with Crippen molar-refractivity contribution in [3.8, 4) is 0 Å². The average molecular weight is 290 g/mol. The zero-order chi connectivity index (χ0) is 15.4. The lowest BCUT2D eigenvalue weighted by molar-refractivity contribution is 0.216. The number of aliphatic hydroxyl groups excluding tert-OH is 1. The Morgan fingerprint density at radius 1 is 1.38 bits per heavy atom. The molecular formula is C17H26N2O2. The van der Waals surface area contributed by atoms with Crippen molar-refractivity contribution < 1.29 is 9.90 Å². The average Bonchev–Trinajstić information content (AvgIpc) is 2.46. The number of amides is 2. The smallest absolute Gasteiger partial charge is 0.315 e. The second kappa shape index (κ2) is 6.94. The molecule has 2 rings (SSSR count). The molecule has 4 nitrogen and oxygen atoms in total. The van der Waals surface area contributed by atoms with Gasteiger partial charge < -0.3 is 15.7 Å². The second-order valence-corrected chi connectivity index (χ2v) is 6.26. The first-order valence-corrected chi connectivity index (χ1v) is 7.82. The van der Waals surface area contributed by atoms with Gasteiger partial charge in [-0.2, -0.15) is 0 Å². The minimum absolute atomic E-state index is 0.0494. The van der Waals surface area contributed by atoms with Gasteiger partial charge in [-0.15, -0.1) is 0 Å². The van der Waals surface area contributed by atoms with Crippen molar-refractivity contribution in [1.29, 1.82) is 0 Å². The van der Waals surface area contributed by atoms with Gasteiger partial charge in [0, 0.05) is 0 Å². The molecule has 0 spiro atoms. The summed E-state index contributed by atoms with van der Waals surface area (Å²) in [6.45, 7) is 6.10. The Balaban J connectivity index is 2.13. The highest BCUT2D eigenvalue weighted by Crippen LogP contribution is 2.32. The zero-order valence-corrected chi connectivity index (χ0v) is 13.1. The van der Waals surface area contributed by atoms with Crippen molar-refractivity contribution in [3.63, 3.8) is 0 Å². The monoisotopic (exact) mass is 290 g/mol. The number of aliphatic hydroxyl groups is 1. The molecule has 1 aliphatic carbocycles. The minimum atomic E-state index is -0.227. The van der Waals surface area contributed by atoms with Gasteiger partial charge in [0.2, 0.25) is 0 Å². The maximum absolute atomic E-state index is 12.0. The van der Waals surface area contributed by atoms with Gasteiger partial charge in [-0.05, 0) is 48.8 Å². The number of rotatable bonds is 4. The van der Waals surface area contributed by atoms with Crippen LogP contribution < -0.4 is 10.6 Å². The number of carbonyl (C=O) groups is 1. The van der Waals surface area contributed by atoms with E-state index in [0.29, 0.717) is 5.92 Å². The topological polar surface area (TPSA) is 61.4 Å². The van der Waals surface area contributed by atoms with Crippen LogP contribution in [-0.2, 0) is 6.42 Å². The normalized spacial score (nSPS) is 19.0. The molecule has 0 unspecified atom stereocenters. The lowest BCUT2D eigenvalue weighted by Crippen LogP contribution is -2.44. The highest BCUT2D eigenvalue weighted by molar-refractivity contribution is 5.74. The molecule has 1 aromatic rings. The summed E-state index contributed by atoms with van der Waals surface area (Å²) in [7, 11) is 0. The Hall–Kier alpha value is -1.55. The number of aryl methyl sites for hydroxylation is 1. The van der Waals surface area contributed by atoms with Gasteiger partial charge in [-0.1, -0.05) is 32.0 Å². The summed E-state index contributed by atoms with van der Waals surface area (Å²) in [5.74, 6) is 0.487. The molecule has 0 bridgehead atoms. The van der Waals surface area contributed by atoms with E-state index in [1.54, 1.807) is 6.92 Å². The highest BCUT2D eigenvalue weighted by Gasteiger charge is 2.22. The summed E-state index contributed by atoms with van der Waals surface area (Å²) in [4.78, 5) is 12.0. The number of fused-ring (bicyclic) bond motifs is 1. The Morgan fingerprint density at radius 3 is 2.81 bits per heavy atom. The van der Waals surface area contributed by atoms with Gasteiger partial charge in [0.25, 0.3) is 0 Å². The maximum atomic E-state index is 12.0. The largest absolute Gasteiger partial charge is 0.394 e. The van der Waals surface area contributed by atoms with Gasteiger partial charge >= 0.3 is 6.03 Å². The van der Waals surface area contributed by atoms with Gasteiger partial charge in [0.15, 0.2) is 0 Å². The van der Waals surface area contributed by atoms with Gasteiger partial charge in [-0.25, -0.2) is 4.79 Å². The molecule has 21 heavy (non-hydrogen) atoms. The summed E-state index contributed by atoms with van der Waals surface area (Å²) in [5, 5.41) is 14.8. The molecule has 2 atom stereocenters. The van der Waals surface area contributed by atoms with Crippen LogP contribution in [0.25, 0.3) is 0 Å². The molecule has 2 amide bonds. The third kappa shape index (κ3) is 3.97. The second-order valence-electron chi connectivity index (χ2n) is 6.26. The fourth-order valence-electron chi connectivity index (χ4n) is 2.80. The zero-order valence-electron chi connectivity index (χ0n) is 13.1. The molecular weight excluding hydrogens is 264 g/mol. The Morgan fingerprint density at radius 2 is 2.14 bits per heavy atom. The SMILES string of the molecule is CC(C)c1ccc2c(c1)[C@H](NC(=O)N[C@@H](C)CO)CCC2. The first-order chi connectivity index (χ1) is 10.0. The van der Waals surface area contributed by atoms with E-state index >= 15 is 0 Å². The highest BCUT2D eigenvalue weighted by atomic mass is 16.3. The van der Waals surface area contributed by atoms with Crippen molar-refractivity contribution in [2.45, 2.75) is 58.0 Å². The summed E-state index contributed by atoms with van der Waals surface area (Å²) in [6.07, 6.45) is 3.14. The number of hydrogen-bond donors (Lipinski definition) is 3. The van der Waals surface area contributed by atoms with Crippen LogP contribution >= 0.6 is 0 Å². The van der Waals surface area contributed by atoms with Crippen LogP contribution in [-0.4, -0.2) is 23.8 Å². The first kappa shape index (κ1) is 15.8. The van der Waals surface area contributed by atoms with E-state index in [2.05, 4.69) is 42.7 Å². The van der Waals surface area contributed by atoms with Crippen LogP contribution in [0.15, 0.2) is 18.2 Å². The van der Waals surface area contributed by atoms with E-state index in [0.717, 1.165) is 19.3 Å². The fourth-order valence-corrected chi connectivity index (χ4v) is 2.80. The Bertz CT molecular complexity index is 500. The van der Waals surface area contributed by atoms with E-state index in [1.165, 1.54) is 16.7 Å². The van der Waals surface area contributed by atoms with Crippen molar-refractivity contribution in [3.05, 3.63) is 34.9 Å². The summed E-state index contributed by atoms with van der Waals surface area (Å²) in [5.41, 5.74) is 3.90. The molecule has 0 aromatic heterocycles. The summed E-state index contributed by atoms with van der Waals surface area (Å²) < 4.78 is 0. The van der Waals surface area contributed by atoms with Crippen LogP contribution in [0, 0.1) is 0 Å². The molecule has 0 fully saturated rings. The molecule has 0 heterocycles. The van der Waals surface area contributed by atoms with E-state index in [9.17, 15) is 4.79 Å². The minimum Gasteiger partial charge on any atom is -0.394 e. The molecule has 1 aliphatic rings. The molecule has 116 valence electrons. The van der Waals surface area contributed by atoms with Crippen molar-refractivity contribution in [2.75, 3.05) is 6.61 Å². The van der Waals surface area contributed by atoms with E-state index in [-0.39, 0.29) is 24.7 Å². The van der Waals surface area contributed by atoms with Crippen LogP contribution in [0.4, 0.5) is 4.79 Å². The number of benzene rings is 1. The van der Waals surface area contributed by atoms with Gasteiger partial charge in [0.1, 0.15) is 0 Å². The number of hydrogen-bond acceptors (Lipinski definition) is 2. The van der Waals surface area contributed by atoms with Crippen LogP contribution in [0.3, 0.4) is 0 Å². The number of carbonyl (C=O) groups excluding carboxylic acids is 1.